The third kappa shape index (κ3) is 2.53. The third-order valence-electron chi connectivity index (χ3n) is 6.31. The van der Waals surface area contributed by atoms with Crippen molar-refractivity contribution in [2.45, 2.75) is 50.0 Å². The number of nitrogens with one attached hydrogen (secondary N) is 1. The van der Waals surface area contributed by atoms with Crippen LogP contribution in [-0.4, -0.2) is 24.7 Å². The van der Waals surface area contributed by atoms with Gasteiger partial charge in [-0.1, -0.05) is 18.6 Å². The molecule has 1 heterocycles. The predicted octanol–water partition coefficient (Wildman–Crippen LogP) is 3.50. The summed E-state index contributed by atoms with van der Waals surface area (Å²) in [5, 5.41) is 9.47. The van der Waals surface area contributed by atoms with E-state index in [1.54, 1.807) is 0 Å². The molecule has 2 aliphatic carbocycles. The highest BCUT2D eigenvalue weighted by Crippen LogP contribution is 2.55. The van der Waals surface area contributed by atoms with E-state index in [-0.39, 0.29) is 34.4 Å². The number of hydrogen-bond donors (Lipinski definition) is 2. The Bertz CT molecular complexity index is 751. The van der Waals surface area contributed by atoms with Crippen molar-refractivity contribution in [3.05, 3.63) is 35.4 Å². The zero-order valence-corrected chi connectivity index (χ0v) is 14.2. The van der Waals surface area contributed by atoms with E-state index in [0.717, 1.165) is 32.1 Å². The number of benzene rings is 1. The van der Waals surface area contributed by atoms with Crippen LogP contribution in [0.15, 0.2) is 34.5 Å². The van der Waals surface area contributed by atoms with Gasteiger partial charge in [-0.2, -0.15) is 13.2 Å². The van der Waals surface area contributed by atoms with Crippen molar-refractivity contribution >= 4 is 5.91 Å². The third-order valence-corrected chi connectivity index (χ3v) is 6.31. The molecule has 26 heavy (non-hydrogen) atoms. The molecule has 2 atom stereocenters. The van der Waals surface area contributed by atoms with Gasteiger partial charge in [-0.25, -0.2) is 0 Å². The molecule has 1 aromatic carbocycles. The fraction of sp³-hybridized carbons (Fsp3) is 0.611. The molecule has 0 radical (unpaired) electrons. The summed E-state index contributed by atoms with van der Waals surface area (Å²) in [6.45, 7) is 0.502. The lowest BCUT2D eigenvalue weighted by Gasteiger charge is -2.45. The summed E-state index contributed by atoms with van der Waals surface area (Å²) in [6, 6.07) is 5.49. The number of hydrogen-bond acceptors (Lipinski definition) is 4. The Kier molecular flexibility index (Phi) is 3.87. The maximum absolute atomic E-state index is 13.2. The lowest BCUT2D eigenvalue weighted by atomic mass is 9.64. The summed E-state index contributed by atoms with van der Waals surface area (Å²) in [7, 11) is 0. The van der Waals surface area contributed by atoms with Gasteiger partial charge < -0.3 is 11.1 Å². The zero-order chi connectivity index (χ0) is 18.6. The summed E-state index contributed by atoms with van der Waals surface area (Å²) in [5.41, 5.74) is 3.55. The van der Waals surface area contributed by atoms with Crippen LogP contribution < -0.4 is 11.1 Å². The Morgan fingerprint density at radius 3 is 2.54 bits per heavy atom. The normalized spacial score (nSPS) is 28.0. The van der Waals surface area contributed by atoms with Crippen molar-refractivity contribution in [2.75, 3.05) is 6.54 Å². The first-order valence-corrected chi connectivity index (χ1v) is 8.94. The van der Waals surface area contributed by atoms with Gasteiger partial charge in [0, 0.05) is 17.2 Å². The van der Waals surface area contributed by atoms with E-state index < -0.39 is 11.8 Å². The van der Waals surface area contributed by atoms with E-state index in [9.17, 15) is 18.0 Å². The molecule has 2 fully saturated rings. The minimum atomic E-state index is -4.60. The van der Waals surface area contributed by atoms with Gasteiger partial charge in [-0.3, -0.25) is 4.79 Å². The Morgan fingerprint density at radius 1 is 1.27 bits per heavy atom. The molecule has 3 N–H and O–H groups in total. The van der Waals surface area contributed by atoms with Gasteiger partial charge in [0.25, 0.3) is 5.91 Å². The fourth-order valence-corrected chi connectivity index (χ4v) is 4.56. The SMILES string of the molecule is NCC1CCC2(CCC2)C1NC(=O)c1cccc(C2(C(F)(F)F)N=N2)c1. The van der Waals surface area contributed by atoms with Crippen molar-refractivity contribution < 1.29 is 18.0 Å². The van der Waals surface area contributed by atoms with E-state index in [0.29, 0.717) is 6.54 Å². The smallest absolute Gasteiger partial charge is 0.348 e. The van der Waals surface area contributed by atoms with Crippen LogP contribution in [0.2, 0.25) is 0 Å². The largest absolute Gasteiger partial charge is 0.442 e. The fourth-order valence-electron chi connectivity index (χ4n) is 4.56. The monoisotopic (exact) mass is 366 g/mol. The van der Waals surface area contributed by atoms with Crippen LogP contribution in [0.4, 0.5) is 13.2 Å². The Hall–Kier alpha value is -1.96. The number of amides is 1. The minimum Gasteiger partial charge on any atom is -0.348 e. The van der Waals surface area contributed by atoms with Crippen LogP contribution in [0.5, 0.6) is 0 Å². The Morgan fingerprint density at radius 2 is 2.00 bits per heavy atom. The van der Waals surface area contributed by atoms with Crippen LogP contribution in [0.25, 0.3) is 0 Å². The molecule has 2 saturated carbocycles. The first-order chi connectivity index (χ1) is 12.3. The molecule has 1 amide bonds. The van der Waals surface area contributed by atoms with Crippen molar-refractivity contribution in [1.29, 1.82) is 0 Å². The molecule has 4 rings (SSSR count). The summed E-state index contributed by atoms with van der Waals surface area (Å²) >= 11 is 0. The first-order valence-electron chi connectivity index (χ1n) is 8.94. The van der Waals surface area contributed by atoms with E-state index in [1.807, 2.05) is 0 Å². The maximum Gasteiger partial charge on any atom is 0.442 e. The summed E-state index contributed by atoms with van der Waals surface area (Å²) in [4.78, 5) is 12.7. The summed E-state index contributed by atoms with van der Waals surface area (Å²) in [6.07, 6.45) is 0.725. The molecule has 3 aliphatic rings. The number of carbonyl (C=O) groups excluding carboxylic acids is 1. The molecule has 1 aliphatic heterocycles. The van der Waals surface area contributed by atoms with Gasteiger partial charge in [0.05, 0.1) is 0 Å². The maximum atomic E-state index is 13.2. The average Bonchev–Trinajstić information content (AvgIpc) is 3.31. The van der Waals surface area contributed by atoms with Gasteiger partial charge >= 0.3 is 11.8 Å². The number of rotatable bonds is 4. The van der Waals surface area contributed by atoms with Crippen molar-refractivity contribution in [1.82, 2.24) is 5.32 Å². The summed E-state index contributed by atoms with van der Waals surface area (Å²) in [5.74, 6) is -0.140. The molecule has 1 aromatic rings. The lowest BCUT2D eigenvalue weighted by molar-refractivity contribution is -0.166. The summed E-state index contributed by atoms with van der Waals surface area (Å²) < 4.78 is 39.6. The molecule has 0 aromatic heterocycles. The Labute approximate surface area is 149 Å². The van der Waals surface area contributed by atoms with E-state index in [4.69, 9.17) is 5.73 Å². The number of halogens is 3. The second-order valence-electron chi connectivity index (χ2n) is 7.65. The van der Waals surface area contributed by atoms with Gasteiger partial charge in [-0.05, 0) is 55.7 Å². The van der Waals surface area contributed by atoms with Crippen molar-refractivity contribution in [3.8, 4) is 0 Å². The molecule has 1 spiro atoms. The second kappa shape index (κ2) is 5.77. The molecule has 5 nitrogen and oxygen atoms in total. The molecule has 2 unspecified atom stereocenters. The molecular formula is C18H21F3N4O. The van der Waals surface area contributed by atoms with E-state index >= 15 is 0 Å². The van der Waals surface area contributed by atoms with Gasteiger partial charge in [-0.15, -0.1) is 10.2 Å². The highest BCUT2D eigenvalue weighted by molar-refractivity contribution is 5.94. The van der Waals surface area contributed by atoms with Gasteiger partial charge in [0.1, 0.15) is 0 Å². The lowest BCUT2D eigenvalue weighted by Crippen LogP contribution is -2.52. The average molecular weight is 366 g/mol. The minimum absolute atomic E-state index is 0.00992. The molecule has 140 valence electrons. The van der Waals surface area contributed by atoms with Crippen molar-refractivity contribution in [3.63, 3.8) is 0 Å². The molecular weight excluding hydrogens is 345 g/mol. The van der Waals surface area contributed by atoms with Gasteiger partial charge in [0.15, 0.2) is 0 Å². The first kappa shape index (κ1) is 17.5. The van der Waals surface area contributed by atoms with Crippen LogP contribution in [0.1, 0.15) is 48.0 Å². The zero-order valence-electron chi connectivity index (χ0n) is 14.2. The number of nitrogens with zero attached hydrogens (tertiary/aromatic N) is 2. The van der Waals surface area contributed by atoms with Crippen LogP contribution in [0.3, 0.4) is 0 Å². The number of nitrogens with two attached hydrogens (primary N) is 1. The number of alkyl halides is 3. The van der Waals surface area contributed by atoms with Crippen molar-refractivity contribution in [2.24, 2.45) is 27.3 Å². The number of carbonyl (C=O) groups is 1. The topological polar surface area (TPSA) is 79.8 Å². The quantitative estimate of drug-likeness (QED) is 0.855. The standard InChI is InChI=1S/C18H21F3N4O/c19-18(20,21)17(24-25-17)13-4-1-3-11(9-13)15(26)23-14-12(10-22)5-8-16(14)6-2-7-16/h1,3-4,9,12,14H,2,5-8,10,22H2,(H,23,26). The highest BCUT2D eigenvalue weighted by Gasteiger charge is 2.65. The second-order valence-corrected chi connectivity index (χ2v) is 7.65. The van der Waals surface area contributed by atoms with Crippen LogP contribution in [-0.2, 0) is 5.66 Å². The molecule has 8 heteroatoms. The van der Waals surface area contributed by atoms with E-state index in [2.05, 4.69) is 15.5 Å². The predicted molar refractivity (Wildman–Crippen MR) is 88.3 cm³/mol. The Balaban J connectivity index is 1.55. The van der Waals surface area contributed by atoms with Crippen LogP contribution in [0, 0.1) is 11.3 Å². The van der Waals surface area contributed by atoms with E-state index in [1.165, 1.54) is 24.3 Å². The molecule has 0 saturated heterocycles. The molecule has 0 bridgehead atoms. The highest BCUT2D eigenvalue weighted by atomic mass is 19.4. The van der Waals surface area contributed by atoms with Gasteiger partial charge in [0.2, 0.25) is 0 Å². The van der Waals surface area contributed by atoms with Crippen LogP contribution >= 0.6 is 0 Å².